The summed E-state index contributed by atoms with van der Waals surface area (Å²) in [6.07, 6.45) is 0.652. The summed E-state index contributed by atoms with van der Waals surface area (Å²) < 4.78 is 10.5. The van der Waals surface area contributed by atoms with E-state index >= 15 is 0 Å². The Morgan fingerprint density at radius 3 is 2.35 bits per heavy atom. The lowest BCUT2D eigenvalue weighted by Crippen LogP contribution is -2.29. The summed E-state index contributed by atoms with van der Waals surface area (Å²) >= 11 is 0. The third-order valence-electron chi connectivity index (χ3n) is 4.16. The van der Waals surface area contributed by atoms with E-state index in [0.29, 0.717) is 24.5 Å². The smallest absolute Gasteiger partial charge is 0.269 e. The third kappa shape index (κ3) is 4.72. The molecule has 2 aromatic carbocycles. The van der Waals surface area contributed by atoms with Crippen molar-refractivity contribution in [3.63, 3.8) is 0 Å². The summed E-state index contributed by atoms with van der Waals surface area (Å²) in [4.78, 5) is 22.5. The molecule has 2 rings (SSSR count). The fourth-order valence-corrected chi connectivity index (χ4v) is 2.56. The summed E-state index contributed by atoms with van der Waals surface area (Å²) in [5.74, 6) is 0.795. The maximum absolute atomic E-state index is 12.3. The lowest BCUT2D eigenvalue weighted by atomic mass is 10.00. The van der Waals surface area contributed by atoms with Crippen molar-refractivity contribution in [3.8, 4) is 11.5 Å². The van der Waals surface area contributed by atoms with Crippen molar-refractivity contribution in [1.29, 1.82) is 0 Å². The highest BCUT2D eigenvalue weighted by Crippen LogP contribution is 2.27. The average Bonchev–Trinajstić information content (AvgIpc) is 2.67. The number of carbonyl (C=O) groups is 1. The SMILES string of the molecule is COc1ccc(CCNC(=O)C(C)c2ccc([N+](=O)[O-])cc2)cc1OC. The number of non-ortho nitro benzene ring substituents is 1. The lowest BCUT2D eigenvalue weighted by molar-refractivity contribution is -0.384. The number of ether oxygens (including phenoxy) is 2. The number of nitro groups is 1. The van der Waals surface area contributed by atoms with E-state index < -0.39 is 4.92 Å². The number of carbonyl (C=O) groups excluding carboxylic acids is 1. The van der Waals surface area contributed by atoms with Crippen LogP contribution in [0.15, 0.2) is 42.5 Å². The molecule has 0 radical (unpaired) electrons. The summed E-state index contributed by atoms with van der Waals surface area (Å²) in [5.41, 5.74) is 1.76. The highest BCUT2D eigenvalue weighted by atomic mass is 16.6. The van der Waals surface area contributed by atoms with Gasteiger partial charge in [-0.3, -0.25) is 14.9 Å². The molecule has 0 aliphatic heterocycles. The minimum atomic E-state index is -0.461. The summed E-state index contributed by atoms with van der Waals surface area (Å²) in [6.45, 7) is 2.25. The van der Waals surface area contributed by atoms with Crippen molar-refractivity contribution in [3.05, 3.63) is 63.7 Å². The molecule has 0 bridgehead atoms. The number of nitro benzene ring substituents is 1. The largest absolute Gasteiger partial charge is 0.493 e. The van der Waals surface area contributed by atoms with Gasteiger partial charge in [-0.2, -0.15) is 0 Å². The zero-order valence-electron chi connectivity index (χ0n) is 15.0. The van der Waals surface area contributed by atoms with Crippen LogP contribution in [0.4, 0.5) is 5.69 Å². The molecule has 1 N–H and O–H groups in total. The molecular formula is C19H22N2O5. The second-order valence-electron chi connectivity index (χ2n) is 5.80. The Bertz CT molecular complexity index is 774. The number of hydrogen-bond donors (Lipinski definition) is 1. The Morgan fingerprint density at radius 1 is 1.12 bits per heavy atom. The predicted molar refractivity (Wildman–Crippen MR) is 97.8 cm³/mol. The van der Waals surface area contributed by atoms with Gasteiger partial charge in [-0.1, -0.05) is 18.2 Å². The second-order valence-corrected chi connectivity index (χ2v) is 5.80. The molecule has 0 aliphatic rings. The zero-order valence-corrected chi connectivity index (χ0v) is 15.0. The average molecular weight is 358 g/mol. The van der Waals surface area contributed by atoms with Crippen molar-refractivity contribution in [2.24, 2.45) is 0 Å². The molecule has 0 saturated carbocycles. The Labute approximate surface area is 152 Å². The molecular weight excluding hydrogens is 336 g/mol. The number of nitrogens with one attached hydrogen (secondary N) is 1. The molecule has 26 heavy (non-hydrogen) atoms. The van der Waals surface area contributed by atoms with Gasteiger partial charge in [-0.25, -0.2) is 0 Å². The van der Waals surface area contributed by atoms with Crippen molar-refractivity contribution in [1.82, 2.24) is 5.32 Å². The highest BCUT2D eigenvalue weighted by Gasteiger charge is 2.16. The normalized spacial score (nSPS) is 11.5. The van der Waals surface area contributed by atoms with E-state index in [1.807, 2.05) is 18.2 Å². The molecule has 7 nitrogen and oxygen atoms in total. The molecule has 2 aromatic rings. The van der Waals surface area contributed by atoms with Gasteiger partial charge in [0.25, 0.3) is 5.69 Å². The maximum atomic E-state index is 12.3. The first kappa shape index (κ1) is 19.2. The number of hydrogen-bond acceptors (Lipinski definition) is 5. The van der Waals surface area contributed by atoms with Gasteiger partial charge in [0.1, 0.15) is 0 Å². The van der Waals surface area contributed by atoms with Crippen LogP contribution in [0, 0.1) is 10.1 Å². The Hall–Kier alpha value is -3.09. The molecule has 0 aromatic heterocycles. The lowest BCUT2D eigenvalue weighted by Gasteiger charge is -2.13. The first-order valence-corrected chi connectivity index (χ1v) is 8.19. The van der Waals surface area contributed by atoms with Crippen molar-refractivity contribution >= 4 is 11.6 Å². The molecule has 1 atom stereocenters. The monoisotopic (exact) mass is 358 g/mol. The summed E-state index contributed by atoms with van der Waals surface area (Å²) in [6, 6.07) is 11.7. The zero-order chi connectivity index (χ0) is 19.1. The topological polar surface area (TPSA) is 90.7 Å². The Morgan fingerprint density at radius 2 is 1.77 bits per heavy atom. The van der Waals surface area contributed by atoms with E-state index in [1.165, 1.54) is 12.1 Å². The van der Waals surface area contributed by atoms with Crippen LogP contribution < -0.4 is 14.8 Å². The van der Waals surface area contributed by atoms with Crippen LogP contribution in [-0.2, 0) is 11.2 Å². The van der Waals surface area contributed by atoms with E-state index in [-0.39, 0.29) is 17.5 Å². The van der Waals surface area contributed by atoms with Crippen LogP contribution >= 0.6 is 0 Å². The fourth-order valence-electron chi connectivity index (χ4n) is 2.56. The number of amides is 1. The minimum absolute atomic E-state index is 0.00908. The summed E-state index contributed by atoms with van der Waals surface area (Å²) in [7, 11) is 3.16. The summed E-state index contributed by atoms with van der Waals surface area (Å²) in [5, 5.41) is 13.6. The van der Waals surface area contributed by atoms with Gasteiger partial charge in [-0.05, 0) is 36.6 Å². The number of nitrogens with zero attached hydrogens (tertiary/aromatic N) is 1. The van der Waals surface area contributed by atoms with Gasteiger partial charge in [0.05, 0.1) is 25.1 Å². The molecule has 1 amide bonds. The van der Waals surface area contributed by atoms with E-state index in [9.17, 15) is 14.9 Å². The van der Waals surface area contributed by atoms with E-state index in [0.717, 1.165) is 11.1 Å². The number of benzene rings is 2. The second kappa shape index (κ2) is 8.84. The van der Waals surface area contributed by atoms with Crippen LogP contribution in [0.2, 0.25) is 0 Å². The standard InChI is InChI=1S/C19H22N2O5/c1-13(15-5-7-16(8-6-15)21(23)24)19(22)20-11-10-14-4-9-17(25-2)18(12-14)26-3/h4-9,12-13H,10-11H2,1-3H3,(H,20,22). The van der Waals surface area contributed by atoms with Crippen LogP contribution in [0.1, 0.15) is 24.0 Å². The van der Waals surface area contributed by atoms with E-state index in [1.54, 1.807) is 33.3 Å². The van der Waals surface area contributed by atoms with Gasteiger partial charge < -0.3 is 14.8 Å². The maximum Gasteiger partial charge on any atom is 0.269 e. The molecule has 0 spiro atoms. The van der Waals surface area contributed by atoms with Gasteiger partial charge >= 0.3 is 0 Å². The fraction of sp³-hybridized carbons (Fsp3) is 0.316. The van der Waals surface area contributed by atoms with Crippen LogP contribution in [0.5, 0.6) is 11.5 Å². The van der Waals surface area contributed by atoms with Gasteiger partial charge in [0.15, 0.2) is 11.5 Å². The van der Waals surface area contributed by atoms with E-state index in [4.69, 9.17) is 9.47 Å². The van der Waals surface area contributed by atoms with Crippen LogP contribution in [0.3, 0.4) is 0 Å². The molecule has 7 heteroatoms. The van der Waals surface area contributed by atoms with Gasteiger partial charge in [0.2, 0.25) is 5.91 Å². The molecule has 0 aliphatic carbocycles. The minimum Gasteiger partial charge on any atom is -0.493 e. The Kier molecular flexibility index (Phi) is 6.54. The third-order valence-corrected chi connectivity index (χ3v) is 4.16. The molecule has 1 unspecified atom stereocenters. The van der Waals surface area contributed by atoms with Crippen molar-refractivity contribution < 1.29 is 19.2 Å². The molecule has 0 fully saturated rings. The predicted octanol–water partition coefficient (Wildman–Crippen LogP) is 3.07. The Balaban J connectivity index is 1.90. The van der Waals surface area contributed by atoms with E-state index in [2.05, 4.69) is 5.32 Å². The van der Waals surface area contributed by atoms with Gasteiger partial charge in [-0.15, -0.1) is 0 Å². The molecule has 0 saturated heterocycles. The first-order valence-electron chi connectivity index (χ1n) is 8.19. The van der Waals surface area contributed by atoms with Crippen LogP contribution in [-0.4, -0.2) is 31.6 Å². The van der Waals surface area contributed by atoms with Gasteiger partial charge in [0, 0.05) is 18.7 Å². The molecule has 138 valence electrons. The van der Waals surface area contributed by atoms with Crippen molar-refractivity contribution in [2.45, 2.75) is 19.3 Å². The number of rotatable bonds is 8. The quantitative estimate of drug-likeness (QED) is 0.578. The molecule has 0 heterocycles. The van der Waals surface area contributed by atoms with Crippen LogP contribution in [0.25, 0.3) is 0 Å². The van der Waals surface area contributed by atoms with Crippen molar-refractivity contribution in [2.75, 3.05) is 20.8 Å². The first-order chi connectivity index (χ1) is 12.5. The number of methoxy groups -OCH3 is 2. The highest BCUT2D eigenvalue weighted by molar-refractivity contribution is 5.83.